The van der Waals surface area contributed by atoms with Crippen LogP contribution in [0.2, 0.25) is 0 Å². The fourth-order valence-electron chi connectivity index (χ4n) is 2.34. The summed E-state index contributed by atoms with van der Waals surface area (Å²) in [5.41, 5.74) is 0.845. The van der Waals surface area contributed by atoms with E-state index in [-0.39, 0.29) is 24.7 Å². The molecule has 136 valence electrons. The summed E-state index contributed by atoms with van der Waals surface area (Å²) in [6.45, 7) is 7.15. The van der Waals surface area contributed by atoms with Crippen LogP contribution in [-0.2, 0) is 20.8 Å². The van der Waals surface area contributed by atoms with Crippen molar-refractivity contribution in [3.63, 3.8) is 0 Å². The molecule has 0 saturated carbocycles. The van der Waals surface area contributed by atoms with Crippen molar-refractivity contribution in [1.82, 2.24) is 10.6 Å². The molecule has 0 aliphatic heterocycles. The maximum absolute atomic E-state index is 12.4. The average Bonchev–Trinajstić information content (AvgIpc) is 2.56. The second-order valence-corrected chi connectivity index (χ2v) is 6.22. The van der Waals surface area contributed by atoms with Crippen LogP contribution >= 0.6 is 0 Å². The summed E-state index contributed by atoms with van der Waals surface area (Å²) in [4.78, 5) is 35.9. The summed E-state index contributed by atoms with van der Waals surface area (Å²) in [5, 5.41) is 14.4. The van der Waals surface area contributed by atoms with Crippen LogP contribution in [0.3, 0.4) is 0 Å². The first-order chi connectivity index (χ1) is 11.8. The van der Waals surface area contributed by atoms with E-state index < -0.39 is 24.0 Å². The number of benzene rings is 1. The molecule has 0 fully saturated rings. The zero-order chi connectivity index (χ0) is 18.8. The number of amides is 2. The number of carbonyl (C=O) groups excluding carboxylic acids is 2. The van der Waals surface area contributed by atoms with Crippen LogP contribution in [0, 0.1) is 5.92 Å². The Labute approximate surface area is 148 Å². The molecule has 0 aliphatic carbocycles. The Morgan fingerprint density at radius 3 is 2.32 bits per heavy atom. The second kappa shape index (κ2) is 10.3. The van der Waals surface area contributed by atoms with Gasteiger partial charge in [-0.1, -0.05) is 50.3 Å². The molecule has 0 bridgehead atoms. The number of rotatable bonds is 10. The van der Waals surface area contributed by atoms with Gasteiger partial charge in [-0.2, -0.15) is 0 Å². The van der Waals surface area contributed by atoms with E-state index in [2.05, 4.69) is 17.2 Å². The molecule has 1 aromatic rings. The van der Waals surface area contributed by atoms with E-state index in [4.69, 9.17) is 0 Å². The maximum atomic E-state index is 12.4. The molecule has 6 heteroatoms. The van der Waals surface area contributed by atoms with E-state index in [9.17, 15) is 19.5 Å². The minimum absolute atomic E-state index is 0.163. The van der Waals surface area contributed by atoms with E-state index in [1.54, 1.807) is 19.9 Å². The molecule has 2 atom stereocenters. The molecular formula is C19H26N2O4. The molecule has 6 nitrogen and oxygen atoms in total. The number of nitrogens with one attached hydrogen (secondary N) is 2. The summed E-state index contributed by atoms with van der Waals surface area (Å²) in [5.74, 6) is -2.05. The maximum Gasteiger partial charge on any atom is 0.326 e. The molecule has 25 heavy (non-hydrogen) atoms. The molecule has 2 amide bonds. The molecule has 0 aliphatic rings. The number of aliphatic carboxylic acids is 1. The predicted octanol–water partition coefficient (Wildman–Crippen LogP) is 1.91. The monoisotopic (exact) mass is 346 g/mol. The van der Waals surface area contributed by atoms with Crippen LogP contribution < -0.4 is 10.6 Å². The van der Waals surface area contributed by atoms with E-state index in [1.165, 1.54) is 0 Å². The van der Waals surface area contributed by atoms with Crippen molar-refractivity contribution in [2.24, 2.45) is 5.92 Å². The number of hydrogen-bond acceptors (Lipinski definition) is 3. The van der Waals surface area contributed by atoms with Crippen LogP contribution in [0.1, 0.15) is 32.3 Å². The zero-order valence-corrected chi connectivity index (χ0v) is 14.7. The highest BCUT2D eigenvalue weighted by molar-refractivity contribution is 5.91. The Hall–Kier alpha value is -2.63. The van der Waals surface area contributed by atoms with E-state index in [0.717, 1.165) is 5.56 Å². The fraction of sp³-hybridized carbons (Fsp3) is 0.421. The lowest BCUT2D eigenvalue weighted by atomic mass is 10.0. The minimum Gasteiger partial charge on any atom is -0.480 e. The van der Waals surface area contributed by atoms with E-state index >= 15 is 0 Å². The Morgan fingerprint density at radius 2 is 1.80 bits per heavy atom. The number of carboxylic acid groups (broad SMARTS) is 1. The van der Waals surface area contributed by atoms with Gasteiger partial charge in [0.25, 0.3) is 0 Å². The van der Waals surface area contributed by atoms with Gasteiger partial charge in [-0.25, -0.2) is 4.79 Å². The smallest absolute Gasteiger partial charge is 0.326 e. The highest BCUT2D eigenvalue weighted by Crippen LogP contribution is 2.06. The van der Waals surface area contributed by atoms with Crippen molar-refractivity contribution < 1.29 is 19.5 Å². The number of allylic oxidation sites excluding steroid dienone is 1. The summed E-state index contributed by atoms with van der Waals surface area (Å²) in [6, 6.07) is 7.42. The van der Waals surface area contributed by atoms with E-state index in [1.807, 2.05) is 30.3 Å². The van der Waals surface area contributed by atoms with Gasteiger partial charge in [-0.3, -0.25) is 9.59 Å². The molecule has 0 aromatic heterocycles. The zero-order valence-electron chi connectivity index (χ0n) is 14.7. The highest BCUT2D eigenvalue weighted by atomic mass is 16.4. The SMILES string of the molecule is C=CCCC(NC(=O)C(NC(=O)Cc1ccccc1)C(C)C)C(=O)O. The van der Waals surface area contributed by atoms with Gasteiger partial charge in [-0.05, 0) is 24.3 Å². The average molecular weight is 346 g/mol. The predicted molar refractivity (Wildman–Crippen MR) is 95.9 cm³/mol. The number of hydrogen-bond donors (Lipinski definition) is 3. The topological polar surface area (TPSA) is 95.5 Å². The minimum atomic E-state index is -1.10. The Balaban J connectivity index is 2.70. The quantitative estimate of drug-likeness (QED) is 0.564. The van der Waals surface area contributed by atoms with Crippen molar-refractivity contribution in [2.75, 3.05) is 0 Å². The lowest BCUT2D eigenvalue weighted by Crippen LogP contribution is -2.53. The molecule has 0 radical (unpaired) electrons. The largest absolute Gasteiger partial charge is 0.480 e. The first-order valence-electron chi connectivity index (χ1n) is 8.32. The molecule has 0 spiro atoms. The normalized spacial score (nSPS) is 12.9. The molecule has 0 heterocycles. The van der Waals surface area contributed by atoms with Crippen LogP contribution in [0.4, 0.5) is 0 Å². The highest BCUT2D eigenvalue weighted by Gasteiger charge is 2.28. The number of carboxylic acids is 1. The van der Waals surface area contributed by atoms with Gasteiger partial charge in [0.05, 0.1) is 6.42 Å². The third-order valence-electron chi connectivity index (χ3n) is 3.75. The van der Waals surface area contributed by atoms with Gasteiger partial charge < -0.3 is 15.7 Å². The molecule has 3 N–H and O–H groups in total. The molecular weight excluding hydrogens is 320 g/mol. The lowest BCUT2D eigenvalue weighted by Gasteiger charge is -2.24. The van der Waals surface area contributed by atoms with Crippen molar-refractivity contribution in [2.45, 2.75) is 45.2 Å². The summed E-state index contributed by atoms with van der Waals surface area (Å²) in [6.07, 6.45) is 2.50. The fourth-order valence-corrected chi connectivity index (χ4v) is 2.34. The Morgan fingerprint density at radius 1 is 1.16 bits per heavy atom. The first-order valence-corrected chi connectivity index (χ1v) is 8.32. The molecule has 1 rings (SSSR count). The Bertz CT molecular complexity index is 599. The van der Waals surface area contributed by atoms with Gasteiger partial charge in [0.1, 0.15) is 12.1 Å². The van der Waals surface area contributed by atoms with Gasteiger partial charge in [-0.15, -0.1) is 6.58 Å². The van der Waals surface area contributed by atoms with Gasteiger partial charge in [0, 0.05) is 0 Å². The van der Waals surface area contributed by atoms with E-state index in [0.29, 0.717) is 6.42 Å². The van der Waals surface area contributed by atoms with Crippen molar-refractivity contribution in [3.8, 4) is 0 Å². The number of carbonyl (C=O) groups is 3. The summed E-state index contributed by atoms with van der Waals surface area (Å²) < 4.78 is 0. The van der Waals surface area contributed by atoms with Gasteiger partial charge in [0.15, 0.2) is 0 Å². The molecule has 0 saturated heterocycles. The standard InChI is InChI=1S/C19H26N2O4/c1-4-5-11-15(19(24)25)20-18(23)17(13(2)3)21-16(22)12-14-9-7-6-8-10-14/h4,6-10,13,15,17H,1,5,11-12H2,2-3H3,(H,20,23)(H,21,22)(H,24,25). The van der Waals surface area contributed by atoms with Gasteiger partial charge >= 0.3 is 5.97 Å². The third-order valence-corrected chi connectivity index (χ3v) is 3.75. The lowest BCUT2D eigenvalue weighted by molar-refractivity contribution is -0.142. The molecule has 1 aromatic carbocycles. The van der Waals surface area contributed by atoms with Crippen molar-refractivity contribution >= 4 is 17.8 Å². The van der Waals surface area contributed by atoms with Crippen molar-refractivity contribution in [1.29, 1.82) is 0 Å². The van der Waals surface area contributed by atoms with Crippen molar-refractivity contribution in [3.05, 3.63) is 48.6 Å². The van der Waals surface area contributed by atoms with Gasteiger partial charge in [0.2, 0.25) is 11.8 Å². The summed E-state index contributed by atoms with van der Waals surface area (Å²) >= 11 is 0. The summed E-state index contributed by atoms with van der Waals surface area (Å²) in [7, 11) is 0. The van der Waals surface area contributed by atoms with Crippen LogP contribution in [0.15, 0.2) is 43.0 Å². The Kier molecular flexibility index (Phi) is 8.39. The molecule has 2 unspecified atom stereocenters. The van der Waals surface area contributed by atoms with Crippen LogP contribution in [-0.4, -0.2) is 35.0 Å². The van der Waals surface area contributed by atoms with Crippen LogP contribution in [0.25, 0.3) is 0 Å². The first kappa shape index (κ1) is 20.4. The third kappa shape index (κ3) is 7.20. The second-order valence-electron chi connectivity index (χ2n) is 6.22. The van der Waals surface area contributed by atoms with Crippen LogP contribution in [0.5, 0.6) is 0 Å².